The van der Waals surface area contributed by atoms with Crippen molar-refractivity contribution in [3.05, 3.63) is 70.5 Å². The number of carbonyl (C=O) groups excluding carboxylic acids is 1. The Kier molecular flexibility index (Phi) is 8.08. The van der Waals surface area contributed by atoms with Gasteiger partial charge in [0.15, 0.2) is 0 Å². The second-order valence-corrected chi connectivity index (χ2v) is 8.41. The number of unbranched alkanes of at least 4 members (excludes halogenated alkanes) is 1. The van der Waals surface area contributed by atoms with E-state index in [2.05, 4.69) is 19.1 Å². The van der Waals surface area contributed by atoms with E-state index in [1.807, 2.05) is 23.1 Å². The molecule has 1 saturated heterocycles. The molecule has 0 radical (unpaired) electrons. The van der Waals surface area contributed by atoms with Crippen LogP contribution in [-0.4, -0.2) is 30.4 Å². The van der Waals surface area contributed by atoms with E-state index < -0.39 is 0 Å². The van der Waals surface area contributed by atoms with E-state index in [1.54, 1.807) is 12.1 Å². The Labute approximate surface area is 178 Å². The molecule has 29 heavy (non-hydrogen) atoms. The average Bonchev–Trinajstić information content (AvgIpc) is 2.74. The third-order valence-electron chi connectivity index (χ3n) is 5.84. The molecule has 0 aromatic heterocycles. The van der Waals surface area contributed by atoms with Crippen LogP contribution in [0.15, 0.2) is 48.5 Å². The highest BCUT2D eigenvalue weighted by Crippen LogP contribution is 2.20. The Morgan fingerprint density at radius 3 is 2.52 bits per heavy atom. The number of hydrogen-bond acceptors (Lipinski definition) is 1. The maximum Gasteiger partial charge on any atom is 0.226 e. The van der Waals surface area contributed by atoms with E-state index in [4.69, 9.17) is 11.6 Å². The highest BCUT2D eigenvalue weighted by molar-refractivity contribution is 6.31. The first-order chi connectivity index (χ1) is 14.1. The molecule has 1 fully saturated rings. The zero-order valence-corrected chi connectivity index (χ0v) is 17.9. The van der Waals surface area contributed by atoms with Crippen LogP contribution < -0.4 is 4.90 Å². The van der Waals surface area contributed by atoms with Crippen molar-refractivity contribution < 1.29 is 14.1 Å². The van der Waals surface area contributed by atoms with Crippen LogP contribution in [0.25, 0.3) is 0 Å². The monoisotopic (exact) mass is 417 g/mol. The van der Waals surface area contributed by atoms with Crippen molar-refractivity contribution in [1.29, 1.82) is 0 Å². The highest BCUT2D eigenvalue weighted by atomic mass is 35.5. The smallest absolute Gasteiger partial charge is 0.226 e. The molecule has 0 unspecified atom stereocenters. The molecule has 156 valence electrons. The van der Waals surface area contributed by atoms with E-state index in [9.17, 15) is 9.18 Å². The van der Waals surface area contributed by atoms with Gasteiger partial charge in [-0.2, -0.15) is 0 Å². The summed E-state index contributed by atoms with van der Waals surface area (Å²) >= 11 is 6.18. The molecular weight excluding hydrogens is 387 g/mol. The summed E-state index contributed by atoms with van der Waals surface area (Å²) in [7, 11) is 0. The molecule has 0 aliphatic carbocycles. The Balaban J connectivity index is 1.58. The number of halogens is 2. The Morgan fingerprint density at radius 1 is 1.14 bits per heavy atom. The van der Waals surface area contributed by atoms with Gasteiger partial charge in [-0.1, -0.05) is 61.3 Å². The summed E-state index contributed by atoms with van der Waals surface area (Å²) in [5.74, 6) is 0.0949. The zero-order chi connectivity index (χ0) is 20.6. The van der Waals surface area contributed by atoms with Crippen LogP contribution in [0, 0.1) is 11.7 Å². The van der Waals surface area contributed by atoms with Gasteiger partial charge in [0.25, 0.3) is 0 Å². The van der Waals surface area contributed by atoms with Gasteiger partial charge in [-0.15, -0.1) is 0 Å². The summed E-state index contributed by atoms with van der Waals surface area (Å²) in [6.07, 6.45) is 3.79. The summed E-state index contributed by atoms with van der Waals surface area (Å²) in [6, 6.07) is 15.0. The van der Waals surface area contributed by atoms with Crippen molar-refractivity contribution in [3.63, 3.8) is 0 Å². The van der Waals surface area contributed by atoms with Crippen molar-refractivity contribution in [2.45, 2.75) is 45.7 Å². The van der Waals surface area contributed by atoms with Gasteiger partial charge in [0.05, 0.1) is 23.7 Å². The third-order valence-corrected chi connectivity index (χ3v) is 6.19. The number of benzene rings is 2. The molecule has 1 aliphatic rings. The van der Waals surface area contributed by atoms with E-state index >= 15 is 0 Å². The summed E-state index contributed by atoms with van der Waals surface area (Å²) in [5.41, 5.74) is 1.76. The van der Waals surface area contributed by atoms with Crippen LogP contribution >= 0.6 is 11.6 Å². The van der Waals surface area contributed by atoms with Gasteiger partial charge in [-0.3, -0.25) is 4.79 Å². The maximum absolute atomic E-state index is 14.1. The summed E-state index contributed by atoms with van der Waals surface area (Å²) in [4.78, 5) is 16.5. The van der Waals surface area contributed by atoms with Gasteiger partial charge in [-0.25, -0.2) is 4.39 Å². The van der Waals surface area contributed by atoms with E-state index in [1.165, 1.54) is 16.5 Å². The largest absolute Gasteiger partial charge is 0.338 e. The van der Waals surface area contributed by atoms with Crippen molar-refractivity contribution in [2.75, 3.05) is 19.6 Å². The number of rotatable bonds is 8. The number of piperidine rings is 1. The van der Waals surface area contributed by atoms with Gasteiger partial charge in [-0.05, 0) is 24.1 Å². The lowest BCUT2D eigenvalue weighted by molar-refractivity contribution is -0.919. The first kappa shape index (κ1) is 21.8. The molecule has 3 rings (SSSR count). The molecular formula is C24H31ClFN2O+. The summed E-state index contributed by atoms with van der Waals surface area (Å²) in [6.45, 7) is 5.96. The fourth-order valence-corrected chi connectivity index (χ4v) is 4.31. The lowest BCUT2D eigenvalue weighted by Crippen LogP contribution is -3.11. The second-order valence-electron chi connectivity index (χ2n) is 8.00. The molecule has 1 aliphatic heterocycles. The minimum atomic E-state index is -0.239. The average molecular weight is 418 g/mol. The molecule has 5 heteroatoms. The van der Waals surface area contributed by atoms with Crippen LogP contribution in [-0.2, 0) is 17.9 Å². The van der Waals surface area contributed by atoms with Gasteiger partial charge in [0, 0.05) is 31.8 Å². The standard InChI is InChI=1S/C24H30ClFN2O/c1-2-3-14-28(17-19-8-5-4-6-9-19)24(29)20-12-15-27(16-13-20)18-21-22(25)10-7-11-23(21)26/h4-11,20H,2-3,12-18H2,1H3/p+1. The summed E-state index contributed by atoms with van der Waals surface area (Å²) < 4.78 is 14.1. The van der Waals surface area contributed by atoms with E-state index in [0.29, 0.717) is 23.7 Å². The molecule has 2 aromatic carbocycles. The van der Waals surface area contributed by atoms with Gasteiger partial charge >= 0.3 is 0 Å². The van der Waals surface area contributed by atoms with Crippen LogP contribution in [0.5, 0.6) is 0 Å². The molecule has 1 amide bonds. The fourth-order valence-electron chi connectivity index (χ4n) is 4.08. The van der Waals surface area contributed by atoms with Crippen molar-refractivity contribution in [1.82, 2.24) is 4.90 Å². The Bertz CT molecular complexity index is 770. The third kappa shape index (κ3) is 6.03. The molecule has 1 heterocycles. The Hall–Kier alpha value is -1.91. The van der Waals surface area contributed by atoms with E-state index in [-0.39, 0.29) is 17.6 Å². The molecule has 0 bridgehead atoms. The first-order valence-corrected chi connectivity index (χ1v) is 11.1. The van der Waals surface area contributed by atoms with Crippen LogP contribution in [0.4, 0.5) is 4.39 Å². The molecule has 0 atom stereocenters. The maximum atomic E-state index is 14.1. The van der Waals surface area contributed by atoms with Gasteiger partial charge in [0.2, 0.25) is 5.91 Å². The molecule has 0 spiro atoms. The molecule has 1 N–H and O–H groups in total. The number of carbonyl (C=O) groups is 1. The lowest BCUT2D eigenvalue weighted by atomic mass is 9.94. The minimum absolute atomic E-state index is 0.0652. The van der Waals surface area contributed by atoms with Gasteiger partial charge in [0.1, 0.15) is 12.4 Å². The van der Waals surface area contributed by atoms with Crippen LogP contribution in [0.2, 0.25) is 5.02 Å². The zero-order valence-electron chi connectivity index (χ0n) is 17.2. The van der Waals surface area contributed by atoms with E-state index in [0.717, 1.165) is 45.3 Å². The van der Waals surface area contributed by atoms with Crippen LogP contribution in [0.1, 0.15) is 43.7 Å². The number of hydrogen-bond donors (Lipinski definition) is 1. The second kappa shape index (κ2) is 10.7. The fraction of sp³-hybridized carbons (Fsp3) is 0.458. The predicted molar refractivity (Wildman–Crippen MR) is 115 cm³/mol. The first-order valence-electron chi connectivity index (χ1n) is 10.7. The number of nitrogens with one attached hydrogen (secondary N) is 1. The predicted octanol–water partition coefficient (Wildman–Crippen LogP) is 4.10. The quantitative estimate of drug-likeness (QED) is 0.687. The molecule has 0 saturated carbocycles. The molecule has 3 nitrogen and oxygen atoms in total. The number of amides is 1. The minimum Gasteiger partial charge on any atom is -0.338 e. The number of quaternary nitrogens is 1. The lowest BCUT2D eigenvalue weighted by Gasteiger charge is -2.32. The summed E-state index contributed by atoms with van der Waals surface area (Å²) in [5, 5.41) is 0.490. The number of likely N-dealkylation sites (tertiary alicyclic amines) is 1. The molecule has 2 aromatic rings. The normalized spacial score (nSPS) is 19.1. The van der Waals surface area contributed by atoms with Crippen molar-refractivity contribution >= 4 is 17.5 Å². The highest BCUT2D eigenvalue weighted by Gasteiger charge is 2.31. The topological polar surface area (TPSA) is 24.8 Å². The Morgan fingerprint density at radius 2 is 1.86 bits per heavy atom. The number of nitrogens with zero attached hydrogens (tertiary/aromatic N) is 1. The van der Waals surface area contributed by atoms with Gasteiger partial charge < -0.3 is 9.80 Å². The van der Waals surface area contributed by atoms with Crippen molar-refractivity contribution in [3.8, 4) is 0 Å². The SMILES string of the molecule is CCCCN(Cc1ccccc1)C(=O)C1CC[NH+](Cc2c(F)cccc2Cl)CC1. The van der Waals surface area contributed by atoms with Crippen LogP contribution in [0.3, 0.4) is 0 Å². The van der Waals surface area contributed by atoms with Crippen molar-refractivity contribution in [2.24, 2.45) is 5.92 Å².